The van der Waals surface area contributed by atoms with Gasteiger partial charge < -0.3 is 10.4 Å². The zero-order chi connectivity index (χ0) is 15.4. The normalized spacial score (nSPS) is 10.4. The Hall–Kier alpha value is -2.21. The van der Waals surface area contributed by atoms with Crippen LogP contribution in [0.25, 0.3) is 0 Å². The van der Waals surface area contributed by atoms with Gasteiger partial charge in [0.1, 0.15) is 10.8 Å². The number of halogens is 1. The Morgan fingerprint density at radius 1 is 1.33 bits per heavy atom. The lowest BCUT2D eigenvalue weighted by Gasteiger charge is -2.05. The monoisotopic (exact) mass is 307 g/mol. The number of nitrogens with one attached hydrogen (secondary N) is 1. The maximum atomic E-state index is 13.5. The molecule has 2 aromatic rings. The first-order valence-electron chi connectivity index (χ1n) is 6.40. The van der Waals surface area contributed by atoms with E-state index in [0.717, 1.165) is 4.88 Å². The molecule has 6 heteroatoms. The Labute approximate surface area is 125 Å². The lowest BCUT2D eigenvalue weighted by atomic mass is 10.1. The first-order chi connectivity index (χ1) is 10.0. The van der Waals surface area contributed by atoms with Crippen molar-refractivity contribution >= 4 is 28.2 Å². The van der Waals surface area contributed by atoms with Crippen LogP contribution in [0.1, 0.15) is 27.7 Å². The van der Waals surface area contributed by atoms with E-state index in [0.29, 0.717) is 11.4 Å². The van der Waals surface area contributed by atoms with Crippen molar-refractivity contribution < 1.29 is 19.1 Å². The van der Waals surface area contributed by atoms with Gasteiger partial charge in [0.2, 0.25) is 5.91 Å². The molecule has 110 valence electrons. The van der Waals surface area contributed by atoms with Crippen molar-refractivity contribution in [2.45, 2.75) is 19.8 Å². The number of rotatable bonds is 5. The second kappa shape index (κ2) is 6.49. The van der Waals surface area contributed by atoms with Crippen LogP contribution in [0.4, 0.5) is 9.39 Å². The van der Waals surface area contributed by atoms with Crippen molar-refractivity contribution in [3.8, 4) is 0 Å². The maximum Gasteiger partial charge on any atom is 0.338 e. The van der Waals surface area contributed by atoms with E-state index >= 15 is 0 Å². The van der Waals surface area contributed by atoms with E-state index < -0.39 is 17.7 Å². The quantitative estimate of drug-likeness (QED) is 0.890. The van der Waals surface area contributed by atoms with E-state index in [2.05, 4.69) is 5.32 Å². The van der Waals surface area contributed by atoms with Gasteiger partial charge in [0.25, 0.3) is 0 Å². The van der Waals surface area contributed by atoms with Gasteiger partial charge in [-0.1, -0.05) is 25.1 Å². The van der Waals surface area contributed by atoms with Gasteiger partial charge in [-0.2, -0.15) is 0 Å². The Morgan fingerprint density at radius 2 is 2.05 bits per heavy atom. The van der Waals surface area contributed by atoms with Gasteiger partial charge in [0.05, 0.1) is 12.0 Å². The van der Waals surface area contributed by atoms with Crippen LogP contribution in [0.2, 0.25) is 0 Å². The van der Waals surface area contributed by atoms with Gasteiger partial charge in [-0.05, 0) is 24.1 Å². The average Bonchev–Trinajstić information content (AvgIpc) is 2.84. The van der Waals surface area contributed by atoms with Crippen molar-refractivity contribution in [2.24, 2.45) is 0 Å². The molecule has 0 unspecified atom stereocenters. The third-order valence-electron chi connectivity index (χ3n) is 2.92. The number of hydrogen-bond donors (Lipinski definition) is 2. The second-order valence-electron chi connectivity index (χ2n) is 4.43. The van der Waals surface area contributed by atoms with Crippen LogP contribution >= 0.6 is 11.3 Å². The molecule has 0 radical (unpaired) electrons. The van der Waals surface area contributed by atoms with Crippen molar-refractivity contribution in [3.63, 3.8) is 0 Å². The van der Waals surface area contributed by atoms with E-state index in [1.807, 2.05) is 6.92 Å². The van der Waals surface area contributed by atoms with Crippen molar-refractivity contribution in [1.82, 2.24) is 0 Å². The topological polar surface area (TPSA) is 66.4 Å². The first kappa shape index (κ1) is 15.2. The zero-order valence-electron chi connectivity index (χ0n) is 11.4. The molecule has 0 aliphatic carbocycles. The summed E-state index contributed by atoms with van der Waals surface area (Å²) in [4.78, 5) is 24.0. The third kappa shape index (κ3) is 3.66. The minimum Gasteiger partial charge on any atom is -0.478 e. The molecule has 0 spiro atoms. The summed E-state index contributed by atoms with van der Waals surface area (Å²) in [6, 6.07) is 7.55. The molecule has 1 amide bonds. The summed E-state index contributed by atoms with van der Waals surface area (Å²) in [5, 5.41) is 12.0. The molecule has 2 N–H and O–H groups in total. The smallest absolute Gasteiger partial charge is 0.338 e. The van der Waals surface area contributed by atoms with Gasteiger partial charge in [0.15, 0.2) is 0 Å². The molecule has 2 rings (SSSR count). The number of hydrogen-bond acceptors (Lipinski definition) is 3. The summed E-state index contributed by atoms with van der Waals surface area (Å²) in [5.74, 6) is -1.98. The van der Waals surface area contributed by atoms with Crippen LogP contribution in [0.3, 0.4) is 0 Å². The van der Waals surface area contributed by atoms with Crippen LogP contribution in [-0.4, -0.2) is 17.0 Å². The lowest BCUT2D eigenvalue weighted by Crippen LogP contribution is -2.16. The first-order valence-corrected chi connectivity index (χ1v) is 7.22. The molecule has 0 atom stereocenters. The van der Waals surface area contributed by atoms with Gasteiger partial charge in [0, 0.05) is 4.88 Å². The molecule has 21 heavy (non-hydrogen) atoms. The van der Waals surface area contributed by atoms with Crippen molar-refractivity contribution in [2.75, 3.05) is 5.32 Å². The minimum absolute atomic E-state index is 0.0683. The molecule has 0 aliphatic heterocycles. The number of thiophene rings is 1. The van der Waals surface area contributed by atoms with Gasteiger partial charge >= 0.3 is 5.97 Å². The number of carboxylic acids is 1. The Morgan fingerprint density at radius 3 is 2.67 bits per heavy atom. The summed E-state index contributed by atoms with van der Waals surface area (Å²) in [6.07, 6.45) is 0.555. The van der Waals surface area contributed by atoms with Crippen LogP contribution in [0.5, 0.6) is 0 Å². The van der Waals surface area contributed by atoms with Crippen LogP contribution < -0.4 is 5.32 Å². The number of aryl methyl sites for hydroxylation is 1. The largest absolute Gasteiger partial charge is 0.478 e. The number of carbonyl (C=O) groups excluding carboxylic acids is 1. The highest BCUT2D eigenvalue weighted by atomic mass is 32.1. The van der Waals surface area contributed by atoms with Gasteiger partial charge in [-0.15, -0.1) is 11.3 Å². The van der Waals surface area contributed by atoms with E-state index in [4.69, 9.17) is 5.11 Å². The number of carboxylic acid groups (broad SMARTS) is 1. The van der Waals surface area contributed by atoms with Gasteiger partial charge in [-0.3, -0.25) is 4.79 Å². The zero-order valence-corrected chi connectivity index (χ0v) is 12.2. The summed E-state index contributed by atoms with van der Waals surface area (Å²) >= 11 is 1.22. The van der Waals surface area contributed by atoms with Gasteiger partial charge in [-0.25, -0.2) is 9.18 Å². The Balaban J connectivity index is 2.14. The number of anilines is 1. The molecular formula is C15H14FNO3S. The van der Waals surface area contributed by atoms with E-state index in [1.165, 1.54) is 23.5 Å². The highest BCUT2D eigenvalue weighted by molar-refractivity contribution is 7.16. The fraction of sp³-hybridized carbons (Fsp3) is 0.200. The summed E-state index contributed by atoms with van der Waals surface area (Å²) in [6.45, 7) is 1.91. The van der Waals surface area contributed by atoms with Crippen molar-refractivity contribution in [1.29, 1.82) is 0 Å². The summed E-state index contributed by atoms with van der Waals surface area (Å²) in [7, 11) is 0. The van der Waals surface area contributed by atoms with Crippen molar-refractivity contribution in [3.05, 3.63) is 52.2 Å². The summed E-state index contributed by atoms with van der Waals surface area (Å²) in [5.41, 5.74) is 0.345. The molecule has 0 saturated heterocycles. The Kier molecular flexibility index (Phi) is 4.70. The van der Waals surface area contributed by atoms with Crippen LogP contribution in [0, 0.1) is 5.82 Å². The standard InChI is InChI=1S/C15H14FNO3S/c1-2-10-8-11(15(19)20)14(21-10)17-13(18)7-9-5-3-4-6-12(9)16/h3-6,8H,2,7H2,1H3,(H,17,18)(H,19,20). The molecular weight excluding hydrogens is 293 g/mol. The number of aromatic carboxylic acids is 1. The molecule has 0 bridgehead atoms. The number of benzene rings is 1. The number of amides is 1. The minimum atomic E-state index is -1.09. The highest BCUT2D eigenvalue weighted by Crippen LogP contribution is 2.28. The highest BCUT2D eigenvalue weighted by Gasteiger charge is 2.17. The predicted molar refractivity (Wildman–Crippen MR) is 79.4 cm³/mol. The lowest BCUT2D eigenvalue weighted by molar-refractivity contribution is -0.115. The Bertz CT molecular complexity index is 681. The SMILES string of the molecule is CCc1cc(C(=O)O)c(NC(=O)Cc2ccccc2F)s1. The fourth-order valence-corrected chi connectivity index (χ4v) is 2.86. The average molecular weight is 307 g/mol. The maximum absolute atomic E-state index is 13.5. The van der Waals surface area contributed by atoms with Crippen LogP contribution in [-0.2, 0) is 17.6 Å². The summed E-state index contributed by atoms with van der Waals surface area (Å²) < 4.78 is 13.5. The van der Waals surface area contributed by atoms with E-state index in [9.17, 15) is 14.0 Å². The van der Waals surface area contributed by atoms with E-state index in [1.54, 1.807) is 18.2 Å². The van der Waals surface area contributed by atoms with E-state index in [-0.39, 0.29) is 17.5 Å². The molecule has 1 heterocycles. The second-order valence-corrected chi connectivity index (χ2v) is 5.57. The number of carbonyl (C=O) groups is 2. The van der Waals surface area contributed by atoms with Crippen LogP contribution in [0.15, 0.2) is 30.3 Å². The third-order valence-corrected chi connectivity index (χ3v) is 4.12. The molecule has 0 saturated carbocycles. The fourth-order valence-electron chi connectivity index (χ4n) is 1.85. The molecule has 0 fully saturated rings. The molecule has 1 aromatic carbocycles. The molecule has 1 aromatic heterocycles. The predicted octanol–water partition coefficient (Wildman–Crippen LogP) is 3.33. The molecule has 0 aliphatic rings. The molecule has 4 nitrogen and oxygen atoms in total.